The van der Waals surface area contributed by atoms with E-state index < -0.39 is 0 Å². The first kappa shape index (κ1) is 31.0. The van der Waals surface area contributed by atoms with Crippen molar-refractivity contribution in [2.45, 2.75) is 12.8 Å². The van der Waals surface area contributed by atoms with Crippen LogP contribution in [0.4, 0.5) is 0 Å². The summed E-state index contributed by atoms with van der Waals surface area (Å²) in [5.74, 6) is 0.362. The number of hydrogen-bond acceptors (Lipinski definition) is 7. The molecule has 0 aromatic heterocycles. The summed E-state index contributed by atoms with van der Waals surface area (Å²) in [5.41, 5.74) is 10.2. The standard InChI is InChI=1S/C36H35N3O4S2/c37-34(40)23-26-7-5-25(6-8-26)13-14-39-35(41)33(45-36(39)44)22-27-9-12-32(43-20-17-38-15-18-42-19-16-38)31(21-27)30-11-10-28-3-1-2-4-29(28)24-30/h1-12,21-22,24H,13-20,23H2,(H2,37,40). The summed E-state index contributed by atoms with van der Waals surface area (Å²) in [5, 5.41) is 2.33. The molecular weight excluding hydrogens is 603 g/mol. The van der Waals surface area contributed by atoms with E-state index in [0.717, 1.165) is 71.8 Å². The van der Waals surface area contributed by atoms with Crippen LogP contribution in [-0.4, -0.2) is 71.9 Å². The first-order chi connectivity index (χ1) is 21.9. The number of nitrogens with zero attached hydrogens (tertiary/aromatic N) is 2. The summed E-state index contributed by atoms with van der Waals surface area (Å²) in [6.07, 6.45) is 2.78. The molecule has 6 rings (SSSR count). The van der Waals surface area contributed by atoms with Gasteiger partial charge in [0.25, 0.3) is 5.91 Å². The third-order valence-corrected chi connectivity index (χ3v) is 9.41. The van der Waals surface area contributed by atoms with Gasteiger partial charge in [0.2, 0.25) is 5.91 Å². The second-order valence-corrected chi connectivity index (χ2v) is 12.8. The quantitative estimate of drug-likeness (QED) is 0.167. The number of thioether (sulfide) groups is 1. The van der Waals surface area contributed by atoms with Crippen LogP contribution in [-0.2, 0) is 27.2 Å². The van der Waals surface area contributed by atoms with Crippen molar-refractivity contribution in [3.63, 3.8) is 0 Å². The number of benzene rings is 4. The zero-order chi connectivity index (χ0) is 31.2. The Hall–Kier alpha value is -4.02. The van der Waals surface area contributed by atoms with E-state index in [0.29, 0.717) is 28.8 Å². The van der Waals surface area contributed by atoms with Crippen molar-refractivity contribution in [3.05, 3.63) is 107 Å². The van der Waals surface area contributed by atoms with Crippen molar-refractivity contribution in [3.8, 4) is 16.9 Å². The molecule has 4 aromatic carbocycles. The van der Waals surface area contributed by atoms with Crippen LogP contribution in [0.2, 0.25) is 0 Å². The van der Waals surface area contributed by atoms with Crippen LogP contribution in [0.15, 0.2) is 89.8 Å². The fourth-order valence-corrected chi connectivity index (χ4v) is 6.87. The molecule has 0 saturated carbocycles. The number of carbonyl (C=O) groups is 2. The lowest BCUT2D eigenvalue weighted by atomic mass is 9.98. The number of rotatable bonds is 11. The van der Waals surface area contributed by atoms with E-state index in [4.69, 9.17) is 27.4 Å². The first-order valence-corrected chi connectivity index (χ1v) is 16.3. The summed E-state index contributed by atoms with van der Waals surface area (Å²) in [6, 6.07) is 28.5. The number of thiocarbonyl (C=S) groups is 1. The van der Waals surface area contributed by atoms with Crippen LogP contribution in [0.5, 0.6) is 5.75 Å². The summed E-state index contributed by atoms with van der Waals surface area (Å²) in [7, 11) is 0. The maximum atomic E-state index is 13.4. The van der Waals surface area contributed by atoms with Crippen molar-refractivity contribution in [1.29, 1.82) is 0 Å². The molecule has 2 heterocycles. The van der Waals surface area contributed by atoms with E-state index in [2.05, 4.69) is 41.3 Å². The van der Waals surface area contributed by atoms with E-state index in [9.17, 15) is 9.59 Å². The minimum absolute atomic E-state index is 0.0894. The second kappa shape index (κ2) is 14.4. The predicted octanol–water partition coefficient (Wildman–Crippen LogP) is 5.69. The molecule has 230 valence electrons. The Morgan fingerprint density at radius 3 is 2.47 bits per heavy atom. The molecule has 2 amide bonds. The Morgan fingerprint density at radius 1 is 0.933 bits per heavy atom. The van der Waals surface area contributed by atoms with Crippen LogP contribution >= 0.6 is 24.0 Å². The van der Waals surface area contributed by atoms with Gasteiger partial charge < -0.3 is 15.2 Å². The lowest BCUT2D eigenvalue weighted by molar-refractivity contribution is -0.122. The Bertz CT molecular complexity index is 1750. The average molecular weight is 638 g/mol. The Kier molecular flexibility index (Phi) is 9.91. The molecule has 7 nitrogen and oxygen atoms in total. The van der Waals surface area contributed by atoms with Gasteiger partial charge in [-0.2, -0.15) is 0 Å². The molecule has 0 radical (unpaired) electrons. The highest BCUT2D eigenvalue weighted by molar-refractivity contribution is 8.26. The molecule has 0 spiro atoms. The summed E-state index contributed by atoms with van der Waals surface area (Å²) < 4.78 is 12.4. The molecule has 0 unspecified atom stereocenters. The summed E-state index contributed by atoms with van der Waals surface area (Å²) >= 11 is 6.94. The molecule has 2 aliphatic heterocycles. The van der Waals surface area contributed by atoms with E-state index in [-0.39, 0.29) is 18.2 Å². The Labute approximate surface area is 273 Å². The maximum Gasteiger partial charge on any atom is 0.266 e. The largest absolute Gasteiger partial charge is 0.492 e. The minimum Gasteiger partial charge on any atom is -0.492 e. The van der Waals surface area contributed by atoms with Crippen LogP contribution in [0, 0.1) is 0 Å². The number of hydrogen-bond donors (Lipinski definition) is 1. The molecule has 0 bridgehead atoms. The lowest BCUT2D eigenvalue weighted by Crippen LogP contribution is -2.38. The number of amides is 2. The molecule has 9 heteroatoms. The van der Waals surface area contributed by atoms with Crippen LogP contribution in [0.1, 0.15) is 16.7 Å². The van der Waals surface area contributed by atoms with Crippen molar-refractivity contribution in [2.75, 3.05) is 46.0 Å². The van der Waals surface area contributed by atoms with Gasteiger partial charge in [-0.15, -0.1) is 0 Å². The fraction of sp³-hybridized carbons (Fsp3) is 0.250. The maximum absolute atomic E-state index is 13.4. The molecule has 2 saturated heterocycles. The van der Waals surface area contributed by atoms with E-state index in [1.54, 1.807) is 4.90 Å². The first-order valence-electron chi connectivity index (χ1n) is 15.1. The molecule has 4 aromatic rings. The topological polar surface area (TPSA) is 85.1 Å². The van der Waals surface area contributed by atoms with Crippen LogP contribution < -0.4 is 10.5 Å². The van der Waals surface area contributed by atoms with Crippen molar-refractivity contribution in [2.24, 2.45) is 5.73 Å². The SMILES string of the molecule is NC(=O)Cc1ccc(CCN2C(=O)C(=Cc3ccc(OCCN4CCOCC4)c(-c4ccc5ccccc5c4)c3)SC2=S)cc1. The molecule has 0 aliphatic carbocycles. The van der Waals surface area contributed by atoms with Crippen molar-refractivity contribution in [1.82, 2.24) is 9.80 Å². The van der Waals surface area contributed by atoms with E-state index >= 15 is 0 Å². The van der Waals surface area contributed by atoms with Gasteiger partial charge in [-0.05, 0) is 63.7 Å². The van der Waals surface area contributed by atoms with Gasteiger partial charge in [0, 0.05) is 31.7 Å². The third-order valence-electron chi connectivity index (χ3n) is 8.03. The highest BCUT2D eigenvalue weighted by Crippen LogP contribution is 2.36. The Balaban J connectivity index is 1.20. The zero-order valence-corrected chi connectivity index (χ0v) is 26.6. The molecular formula is C36H35N3O4S2. The molecule has 2 N–H and O–H groups in total. The number of ether oxygens (including phenoxy) is 2. The third kappa shape index (κ3) is 7.80. The van der Waals surface area contributed by atoms with Crippen molar-refractivity contribution >= 4 is 57.0 Å². The van der Waals surface area contributed by atoms with Gasteiger partial charge in [-0.1, -0.05) is 90.7 Å². The average Bonchev–Trinajstić information content (AvgIpc) is 3.32. The highest BCUT2D eigenvalue weighted by atomic mass is 32.2. The minimum atomic E-state index is -0.359. The van der Waals surface area contributed by atoms with Gasteiger partial charge in [0.15, 0.2) is 0 Å². The second-order valence-electron chi connectivity index (χ2n) is 11.2. The van der Waals surface area contributed by atoms with Gasteiger partial charge >= 0.3 is 0 Å². The summed E-state index contributed by atoms with van der Waals surface area (Å²) in [6.45, 7) is 5.25. The normalized spacial score (nSPS) is 16.5. The van der Waals surface area contributed by atoms with Crippen LogP contribution in [0.25, 0.3) is 28.0 Å². The van der Waals surface area contributed by atoms with Gasteiger partial charge in [0.05, 0.1) is 24.5 Å². The van der Waals surface area contributed by atoms with Crippen molar-refractivity contribution < 1.29 is 19.1 Å². The van der Waals surface area contributed by atoms with E-state index in [1.807, 2.05) is 54.6 Å². The molecule has 2 aliphatic rings. The molecule has 45 heavy (non-hydrogen) atoms. The Morgan fingerprint density at radius 2 is 1.69 bits per heavy atom. The van der Waals surface area contributed by atoms with Gasteiger partial charge in [-0.3, -0.25) is 19.4 Å². The number of fused-ring (bicyclic) bond motifs is 1. The number of primary amides is 1. The number of carbonyl (C=O) groups excluding carboxylic acids is 2. The smallest absolute Gasteiger partial charge is 0.266 e. The molecule has 2 fully saturated rings. The van der Waals surface area contributed by atoms with Gasteiger partial charge in [0.1, 0.15) is 16.7 Å². The summed E-state index contributed by atoms with van der Waals surface area (Å²) in [4.78, 5) is 29.2. The highest BCUT2D eigenvalue weighted by Gasteiger charge is 2.31. The number of morpholine rings is 1. The lowest BCUT2D eigenvalue weighted by Gasteiger charge is -2.26. The number of nitrogens with two attached hydrogens (primary N) is 1. The monoisotopic (exact) mass is 637 g/mol. The molecule has 0 atom stereocenters. The predicted molar refractivity (Wildman–Crippen MR) is 185 cm³/mol. The van der Waals surface area contributed by atoms with Gasteiger partial charge in [-0.25, -0.2) is 0 Å². The van der Waals surface area contributed by atoms with E-state index in [1.165, 1.54) is 17.1 Å². The zero-order valence-electron chi connectivity index (χ0n) is 24.9. The fourth-order valence-electron chi connectivity index (χ4n) is 5.57. The van der Waals surface area contributed by atoms with Crippen LogP contribution in [0.3, 0.4) is 0 Å².